The average molecular weight is 514 g/mol. The normalized spacial score (nSPS) is 17.2. The van der Waals surface area contributed by atoms with Gasteiger partial charge in [0, 0.05) is 30.8 Å². The lowest BCUT2D eigenvalue weighted by Crippen LogP contribution is -2.78. The Morgan fingerprint density at radius 3 is 1.79 bits per heavy atom. The number of hydrogen-bond donors (Lipinski definition) is 7. The van der Waals surface area contributed by atoms with Crippen LogP contribution in [-0.4, -0.2) is 88.0 Å². The number of aliphatic hydroxyl groups is 3. The highest BCUT2D eigenvalue weighted by molar-refractivity contribution is 5.01. The van der Waals surface area contributed by atoms with Crippen LogP contribution in [0.5, 0.6) is 0 Å². The summed E-state index contributed by atoms with van der Waals surface area (Å²) in [6.07, 6.45) is -9.51. The average Bonchev–Trinajstić information content (AvgIpc) is 2.61. The molecule has 2 unspecified atom stereocenters. The van der Waals surface area contributed by atoms with E-state index in [1.54, 1.807) is 13.8 Å². The Kier molecular flexibility index (Phi) is 11.7. The lowest BCUT2D eigenvalue weighted by Gasteiger charge is -2.47. The predicted molar refractivity (Wildman–Crippen MR) is 116 cm³/mol. The van der Waals surface area contributed by atoms with Crippen LogP contribution in [0.1, 0.15) is 54.9 Å². The first-order chi connectivity index (χ1) is 15.0. The summed E-state index contributed by atoms with van der Waals surface area (Å²) in [4.78, 5) is 0. The molecular formula is C20H41F6N5O3. The molecule has 0 spiro atoms. The predicted octanol–water partition coefficient (Wildman–Crippen LogP) is 1.64. The van der Waals surface area contributed by atoms with Crippen LogP contribution < -0.4 is 21.5 Å². The Morgan fingerprint density at radius 2 is 1.41 bits per heavy atom. The van der Waals surface area contributed by atoms with Crippen LogP contribution in [0.15, 0.2) is 0 Å². The zero-order valence-corrected chi connectivity index (χ0v) is 20.9. The molecule has 206 valence electrons. The van der Waals surface area contributed by atoms with E-state index in [2.05, 4.69) is 21.5 Å². The van der Waals surface area contributed by atoms with Crippen LogP contribution in [0.4, 0.5) is 26.3 Å². The second kappa shape index (κ2) is 12.0. The molecule has 0 saturated carbocycles. The number of aliphatic hydroxyl groups excluding tert-OH is 2. The maximum absolute atomic E-state index is 14.6. The molecule has 0 aromatic rings. The van der Waals surface area contributed by atoms with E-state index in [-0.39, 0.29) is 13.0 Å². The number of nitrogens with one attached hydrogen (secondary N) is 4. The van der Waals surface area contributed by atoms with Crippen molar-refractivity contribution in [2.24, 2.45) is 5.92 Å². The van der Waals surface area contributed by atoms with Crippen molar-refractivity contribution in [1.82, 2.24) is 26.6 Å². The van der Waals surface area contributed by atoms with Crippen molar-refractivity contribution < 1.29 is 41.7 Å². The van der Waals surface area contributed by atoms with Gasteiger partial charge in [0.05, 0.1) is 24.7 Å². The van der Waals surface area contributed by atoms with Crippen molar-refractivity contribution >= 4 is 0 Å². The van der Waals surface area contributed by atoms with Gasteiger partial charge in [-0.1, -0.05) is 6.92 Å². The first kappa shape index (κ1) is 33.3. The fourth-order valence-electron chi connectivity index (χ4n) is 2.82. The Hall–Kier alpha value is -0.740. The van der Waals surface area contributed by atoms with E-state index in [0.717, 1.165) is 12.0 Å². The first-order valence-electron chi connectivity index (χ1n) is 10.9. The van der Waals surface area contributed by atoms with Gasteiger partial charge in [0.25, 0.3) is 0 Å². The van der Waals surface area contributed by atoms with Gasteiger partial charge in [-0.25, -0.2) is 10.9 Å². The molecule has 0 radical (unpaired) electrons. The Morgan fingerprint density at radius 1 is 0.882 bits per heavy atom. The van der Waals surface area contributed by atoms with E-state index in [0.29, 0.717) is 0 Å². The van der Waals surface area contributed by atoms with Crippen molar-refractivity contribution in [1.29, 1.82) is 0 Å². The van der Waals surface area contributed by atoms with E-state index < -0.39 is 66.9 Å². The third-order valence-corrected chi connectivity index (χ3v) is 4.97. The quantitative estimate of drug-likeness (QED) is 0.101. The zero-order valence-electron chi connectivity index (χ0n) is 20.9. The van der Waals surface area contributed by atoms with Gasteiger partial charge in [-0.3, -0.25) is 10.6 Å². The second-order valence-electron chi connectivity index (χ2n) is 10.6. The minimum absolute atomic E-state index is 0.0890. The number of hydrazine groups is 2. The molecule has 0 aliphatic rings. The summed E-state index contributed by atoms with van der Waals surface area (Å²) in [5, 5.41) is 34.3. The number of rotatable bonds is 15. The Balaban J connectivity index is 6.32. The highest BCUT2D eigenvalue weighted by Gasteiger charge is 2.58. The standard InChI is InChI=1S/C20H41F6N5O3/c1-14(19(21,22)23)10-28-31(30-15(2,3)8-9-32)12-18(20(24,25)26,27-11-17(6,7)34)29-16(4,5)13-33/h14,27-30,32-34H,8-13H2,1-7H3. The van der Waals surface area contributed by atoms with Gasteiger partial charge < -0.3 is 15.3 Å². The summed E-state index contributed by atoms with van der Waals surface area (Å²) in [7, 11) is 0. The zero-order chi connectivity index (χ0) is 27.2. The van der Waals surface area contributed by atoms with Crippen molar-refractivity contribution in [2.75, 3.05) is 32.8 Å². The number of alkyl halides is 6. The van der Waals surface area contributed by atoms with Gasteiger partial charge in [0.2, 0.25) is 0 Å². The smallest absolute Gasteiger partial charge is 0.396 e. The largest absolute Gasteiger partial charge is 0.421 e. The van der Waals surface area contributed by atoms with E-state index in [1.807, 2.05) is 0 Å². The molecule has 0 rings (SSSR count). The van der Waals surface area contributed by atoms with E-state index >= 15 is 0 Å². The van der Waals surface area contributed by atoms with Crippen molar-refractivity contribution in [3.63, 3.8) is 0 Å². The Bertz CT molecular complexity index is 611. The molecule has 7 N–H and O–H groups in total. The van der Waals surface area contributed by atoms with Crippen LogP contribution >= 0.6 is 0 Å². The first-order valence-corrected chi connectivity index (χ1v) is 10.9. The summed E-state index contributed by atoms with van der Waals surface area (Å²) in [6.45, 7) is 5.99. The van der Waals surface area contributed by atoms with E-state index in [9.17, 15) is 41.7 Å². The number of hydrogen-bond acceptors (Lipinski definition) is 8. The van der Waals surface area contributed by atoms with Crippen LogP contribution in [0.25, 0.3) is 0 Å². The molecule has 0 bridgehead atoms. The second-order valence-corrected chi connectivity index (χ2v) is 10.6. The molecule has 34 heavy (non-hydrogen) atoms. The van der Waals surface area contributed by atoms with Gasteiger partial charge in [-0.2, -0.15) is 31.5 Å². The molecule has 0 aromatic heterocycles. The molecule has 0 fully saturated rings. The van der Waals surface area contributed by atoms with Gasteiger partial charge >= 0.3 is 12.4 Å². The fourth-order valence-corrected chi connectivity index (χ4v) is 2.82. The van der Waals surface area contributed by atoms with E-state index in [1.165, 1.54) is 27.7 Å². The third-order valence-electron chi connectivity index (χ3n) is 4.97. The summed E-state index contributed by atoms with van der Waals surface area (Å²) in [5.41, 5.74) is -1.90. The van der Waals surface area contributed by atoms with Gasteiger partial charge in [-0.05, 0) is 48.0 Å². The minimum atomic E-state index is -5.02. The van der Waals surface area contributed by atoms with Crippen LogP contribution in [0.3, 0.4) is 0 Å². The molecule has 0 amide bonds. The summed E-state index contributed by atoms with van der Waals surface area (Å²) in [6, 6.07) is 0. The number of halogens is 6. The van der Waals surface area contributed by atoms with Crippen LogP contribution in [0.2, 0.25) is 0 Å². The van der Waals surface area contributed by atoms with Crippen molar-refractivity contribution in [3.05, 3.63) is 0 Å². The molecule has 0 aliphatic heterocycles. The molecule has 2 atom stereocenters. The third kappa shape index (κ3) is 11.8. The number of nitrogens with zero attached hydrogens (tertiary/aromatic N) is 1. The molecule has 0 aromatic carbocycles. The van der Waals surface area contributed by atoms with E-state index in [4.69, 9.17) is 0 Å². The Labute approximate surface area is 197 Å². The lowest BCUT2D eigenvalue weighted by atomic mass is 9.99. The maximum atomic E-state index is 14.6. The van der Waals surface area contributed by atoms with Crippen molar-refractivity contribution in [3.8, 4) is 0 Å². The summed E-state index contributed by atoms with van der Waals surface area (Å²) < 4.78 is 82.8. The summed E-state index contributed by atoms with van der Waals surface area (Å²) in [5.74, 6) is -1.87. The van der Waals surface area contributed by atoms with Gasteiger partial charge in [0.1, 0.15) is 0 Å². The van der Waals surface area contributed by atoms with Crippen molar-refractivity contribution in [2.45, 2.75) is 89.6 Å². The maximum Gasteiger partial charge on any atom is 0.421 e. The van der Waals surface area contributed by atoms with Gasteiger partial charge in [-0.15, -0.1) is 0 Å². The van der Waals surface area contributed by atoms with Crippen LogP contribution in [0, 0.1) is 5.92 Å². The molecule has 14 heteroatoms. The summed E-state index contributed by atoms with van der Waals surface area (Å²) >= 11 is 0. The SMILES string of the molecule is CC(CNN(CC(NCC(C)(C)O)(NC(C)(C)CO)C(F)(F)F)NC(C)(C)CCO)C(F)(F)F. The molecular weight excluding hydrogens is 472 g/mol. The molecule has 0 aliphatic carbocycles. The molecule has 0 saturated heterocycles. The molecule has 0 heterocycles. The lowest BCUT2D eigenvalue weighted by molar-refractivity contribution is -0.228. The van der Waals surface area contributed by atoms with Gasteiger partial charge in [0.15, 0.2) is 5.66 Å². The fraction of sp³-hybridized carbons (Fsp3) is 1.00. The highest BCUT2D eigenvalue weighted by Crippen LogP contribution is 2.32. The monoisotopic (exact) mass is 513 g/mol. The molecule has 8 nitrogen and oxygen atoms in total. The highest BCUT2D eigenvalue weighted by atomic mass is 19.4. The van der Waals surface area contributed by atoms with Crippen LogP contribution in [-0.2, 0) is 0 Å². The topological polar surface area (TPSA) is 112 Å². The minimum Gasteiger partial charge on any atom is -0.396 e.